The van der Waals surface area contributed by atoms with Gasteiger partial charge in [-0.25, -0.2) is 0 Å². The molecule has 0 aromatic carbocycles. The van der Waals surface area contributed by atoms with Crippen molar-refractivity contribution in [1.29, 1.82) is 0 Å². The Hall–Kier alpha value is -2.05. The summed E-state index contributed by atoms with van der Waals surface area (Å²) < 4.78 is 0. The maximum Gasteiger partial charge on any atom is 0.233 e. The molecule has 7 nitrogen and oxygen atoms in total. The number of carbonyl (C=O) groups excluding carboxylic acids is 1. The SMILES string of the molecule is CCCC(C(=O)N(C)Cc1cn[nH]c1)C(N)=NO. The first-order valence-corrected chi connectivity index (χ1v) is 5.80. The average Bonchev–Trinajstić information content (AvgIpc) is 2.87. The zero-order valence-electron chi connectivity index (χ0n) is 10.6. The van der Waals surface area contributed by atoms with E-state index < -0.39 is 5.92 Å². The van der Waals surface area contributed by atoms with E-state index in [2.05, 4.69) is 15.4 Å². The molecule has 0 saturated heterocycles. The van der Waals surface area contributed by atoms with Crippen molar-refractivity contribution in [2.45, 2.75) is 26.3 Å². The predicted molar refractivity (Wildman–Crippen MR) is 66.9 cm³/mol. The van der Waals surface area contributed by atoms with Crippen LogP contribution in [0.25, 0.3) is 0 Å². The first-order chi connectivity index (χ1) is 8.60. The van der Waals surface area contributed by atoms with E-state index in [1.54, 1.807) is 24.3 Å². The minimum Gasteiger partial charge on any atom is -0.409 e. The number of amidine groups is 1. The number of nitrogens with zero attached hydrogens (tertiary/aromatic N) is 3. The summed E-state index contributed by atoms with van der Waals surface area (Å²) in [5.41, 5.74) is 6.45. The zero-order valence-corrected chi connectivity index (χ0v) is 10.6. The van der Waals surface area contributed by atoms with Crippen LogP contribution in [-0.2, 0) is 11.3 Å². The number of nitrogens with two attached hydrogens (primary N) is 1. The summed E-state index contributed by atoms with van der Waals surface area (Å²) in [5.74, 6) is -0.772. The maximum atomic E-state index is 12.2. The summed E-state index contributed by atoms with van der Waals surface area (Å²) in [5, 5.41) is 18.1. The molecule has 18 heavy (non-hydrogen) atoms. The van der Waals surface area contributed by atoms with Crippen LogP contribution >= 0.6 is 0 Å². The Morgan fingerprint density at radius 2 is 2.44 bits per heavy atom. The molecular weight excluding hydrogens is 234 g/mol. The van der Waals surface area contributed by atoms with Gasteiger partial charge in [-0.2, -0.15) is 5.10 Å². The number of hydrogen-bond donors (Lipinski definition) is 3. The van der Waals surface area contributed by atoms with Gasteiger partial charge in [0.15, 0.2) is 5.84 Å². The molecule has 0 saturated carbocycles. The summed E-state index contributed by atoms with van der Waals surface area (Å²) in [4.78, 5) is 13.7. The number of amides is 1. The molecule has 7 heteroatoms. The number of H-pyrrole nitrogens is 1. The van der Waals surface area contributed by atoms with Crippen LogP contribution < -0.4 is 5.73 Å². The molecule has 0 aliphatic heterocycles. The highest BCUT2D eigenvalue weighted by atomic mass is 16.4. The fraction of sp³-hybridized carbons (Fsp3) is 0.545. The minimum absolute atomic E-state index is 0.0408. The fourth-order valence-corrected chi connectivity index (χ4v) is 1.74. The highest BCUT2D eigenvalue weighted by molar-refractivity contribution is 6.01. The molecule has 100 valence electrons. The molecule has 0 bridgehead atoms. The molecule has 0 radical (unpaired) electrons. The maximum absolute atomic E-state index is 12.2. The Morgan fingerprint density at radius 3 is 2.94 bits per heavy atom. The van der Waals surface area contributed by atoms with E-state index in [4.69, 9.17) is 10.9 Å². The largest absolute Gasteiger partial charge is 0.409 e. The zero-order chi connectivity index (χ0) is 13.5. The second kappa shape index (κ2) is 6.63. The Kier molecular flexibility index (Phi) is 5.16. The number of rotatable bonds is 6. The van der Waals surface area contributed by atoms with Gasteiger partial charge in [0.2, 0.25) is 5.91 Å². The quantitative estimate of drug-likeness (QED) is 0.297. The molecule has 1 rings (SSSR count). The van der Waals surface area contributed by atoms with Crippen LogP contribution in [0.4, 0.5) is 0 Å². The van der Waals surface area contributed by atoms with Gasteiger partial charge in [0, 0.05) is 25.4 Å². The summed E-state index contributed by atoms with van der Waals surface area (Å²) in [6.07, 6.45) is 4.72. The second-order valence-electron chi connectivity index (χ2n) is 4.17. The van der Waals surface area contributed by atoms with Gasteiger partial charge in [0.05, 0.1) is 12.1 Å². The molecule has 1 atom stereocenters. The van der Waals surface area contributed by atoms with Crippen LogP contribution in [0, 0.1) is 5.92 Å². The third kappa shape index (κ3) is 3.47. The lowest BCUT2D eigenvalue weighted by molar-refractivity contribution is -0.132. The van der Waals surface area contributed by atoms with Crippen molar-refractivity contribution >= 4 is 11.7 Å². The van der Waals surface area contributed by atoms with E-state index in [0.717, 1.165) is 12.0 Å². The third-order valence-corrected chi connectivity index (χ3v) is 2.70. The van der Waals surface area contributed by atoms with Crippen LogP contribution in [0.15, 0.2) is 17.5 Å². The van der Waals surface area contributed by atoms with Crippen molar-refractivity contribution in [3.05, 3.63) is 18.0 Å². The molecule has 1 aromatic heterocycles. The predicted octanol–water partition coefficient (Wildman–Crippen LogP) is 0.531. The number of carbonyl (C=O) groups is 1. The van der Waals surface area contributed by atoms with Gasteiger partial charge >= 0.3 is 0 Å². The Balaban J connectivity index is 2.70. The average molecular weight is 253 g/mol. The Morgan fingerprint density at radius 1 is 1.72 bits per heavy atom. The fourth-order valence-electron chi connectivity index (χ4n) is 1.74. The van der Waals surface area contributed by atoms with Crippen molar-refractivity contribution in [3.8, 4) is 0 Å². The first-order valence-electron chi connectivity index (χ1n) is 5.80. The van der Waals surface area contributed by atoms with E-state index in [9.17, 15) is 4.79 Å². The van der Waals surface area contributed by atoms with Gasteiger partial charge in [0.25, 0.3) is 0 Å². The number of hydrogen-bond acceptors (Lipinski definition) is 4. The van der Waals surface area contributed by atoms with E-state index in [1.165, 1.54) is 0 Å². The monoisotopic (exact) mass is 253 g/mol. The molecule has 0 spiro atoms. The Labute approximate surface area is 106 Å². The van der Waals surface area contributed by atoms with Gasteiger partial charge in [0.1, 0.15) is 0 Å². The standard InChI is InChI=1S/C11H19N5O2/c1-3-4-9(10(12)15-18)11(17)16(2)7-8-5-13-14-6-8/h5-6,9,18H,3-4,7H2,1-2H3,(H2,12,15)(H,13,14). The molecule has 1 unspecified atom stereocenters. The molecular formula is C11H19N5O2. The van der Waals surface area contributed by atoms with Crippen LogP contribution in [-0.4, -0.2) is 39.1 Å². The first kappa shape index (κ1) is 14.0. The third-order valence-electron chi connectivity index (χ3n) is 2.70. The van der Waals surface area contributed by atoms with Gasteiger partial charge in [-0.05, 0) is 6.42 Å². The Bertz CT molecular complexity index is 402. The van der Waals surface area contributed by atoms with Crippen molar-refractivity contribution in [2.75, 3.05) is 7.05 Å². The summed E-state index contributed by atoms with van der Waals surface area (Å²) in [6, 6.07) is 0. The van der Waals surface area contributed by atoms with Crippen LogP contribution in [0.1, 0.15) is 25.3 Å². The van der Waals surface area contributed by atoms with E-state index >= 15 is 0 Å². The molecule has 4 N–H and O–H groups in total. The molecule has 1 heterocycles. The number of aromatic nitrogens is 2. The molecule has 0 aliphatic rings. The van der Waals surface area contributed by atoms with E-state index in [1.807, 2.05) is 6.92 Å². The molecule has 0 fully saturated rings. The molecule has 1 aromatic rings. The van der Waals surface area contributed by atoms with Crippen LogP contribution in [0.5, 0.6) is 0 Å². The molecule has 1 amide bonds. The lowest BCUT2D eigenvalue weighted by atomic mass is 10.0. The highest BCUT2D eigenvalue weighted by Gasteiger charge is 2.25. The van der Waals surface area contributed by atoms with Crippen LogP contribution in [0.3, 0.4) is 0 Å². The van der Waals surface area contributed by atoms with Crippen molar-refractivity contribution in [2.24, 2.45) is 16.8 Å². The second-order valence-corrected chi connectivity index (χ2v) is 4.17. The van der Waals surface area contributed by atoms with Gasteiger partial charge < -0.3 is 15.8 Å². The minimum atomic E-state index is -0.572. The summed E-state index contributed by atoms with van der Waals surface area (Å²) in [7, 11) is 1.68. The van der Waals surface area contributed by atoms with E-state index in [-0.39, 0.29) is 11.7 Å². The lowest BCUT2D eigenvalue weighted by Crippen LogP contribution is -2.39. The topological polar surface area (TPSA) is 108 Å². The van der Waals surface area contributed by atoms with Crippen LogP contribution in [0.2, 0.25) is 0 Å². The number of nitrogens with one attached hydrogen (secondary N) is 1. The lowest BCUT2D eigenvalue weighted by Gasteiger charge is -2.22. The molecule has 0 aliphatic carbocycles. The van der Waals surface area contributed by atoms with Crippen molar-refractivity contribution in [3.63, 3.8) is 0 Å². The number of aromatic amines is 1. The highest BCUT2D eigenvalue weighted by Crippen LogP contribution is 2.12. The van der Waals surface area contributed by atoms with Gasteiger partial charge in [-0.1, -0.05) is 18.5 Å². The number of oxime groups is 1. The normalized spacial score (nSPS) is 13.3. The van der Waals surface area contributed by atoms with Crippen molar-refractivity contribution < 1.29 is 10.0 Å². The summed E-state index contributed by atoms with van der Waals surface area (Å²) >= 11 is 0. The van der Waals surface area contributed by atoms with Gasteiger partial charge in [-0.15, -0.1) is 0 Å². The van der Waals surface area contributed by atoms with Crippen molar-refractivity contribution in [1.82, 2.24) is 15.1 Å². The van der Waals surface area contributed by atoms with Gasteiger partial charge in [-0.3, -0.25) is 9.89 Å². The smallest absolute Gasteiger partial charge is 0.233 e. The van der Waals surface area contributed by atoms with E-state index in [0.29, 0.717) is 13.0 Å². The summed E-state index contributed by atoms with van der Waals surface area (Å²) in [6.45, 7) is 2.38.